The van der Waals surface area contributed by atoms with E-state index in [1.807, 2.05) is 25.1 Å². The maximum atomic E-state index is 5.74. The molecule has 0 spiro atoms. The van der Waals surface area contributed by atoms with Crippen LogP contribution >= 0.6 is 15.9 Å². The van der Waals surface area contributed by atoms with Gasteiger partial charge in [0.25, 0.3) is 0 Å². The van der Waals surface area contributed by atoms with E-state index in [2.05, 4.69) is 35.9 Å². The molecule has 21 heavy (non-hydrogen) atoms. The van der Waals surface area contributed by atoms with Crippen LogP contribution in [0.25, 0.3) is 11.4 Å². The lowest BCUT2D eigenvalue weighted by molar-refractivity contribution is 0.459. The summed E-state index contributed by atoms with van der Waals surface area (Å²) in [7, 11) is 0. The first-order valence-electron chi connectivity index (χ1n) is 6.25. The summed E-state index contributed by atoms with van der Waals surface area (Å²) >= 11 is 3.36. The fourth-order valence-corrected chi connectivity index (χ4v) is 2.13. The molecule has 0 saturated carbocycles. The predicted molar refractivity (Wildman–Crippen MR) is 82.0 cm³/mol. The molecule has 0 radical (unpaired) electrons. The molecular formula is C15H11BrN4O. The number of halogens is 1. The number of aryl methyl sites for hydroxylation is 1. The van der Waals surface area contributed by atoms with Crippen LogP contribution in [0.15, 0.2) is 53.5 Å². The quantitative estimate of drug-likeness (QED) is 0.724. The molecule has 0 N–H and O–H groups in total. The van der Waals surface area contributed by atoms with Crippen molar-refractivity contribution in [3.8, 4) is 23.0 Å². The Balaban J connectivity index is 1.95. The minimum absolute atomic E-state index is 0.473. The summed E-state index contributed by atoms with van der Waals surface area (Å²) in [6.45, 7) is 1.90. The molecule has 0 unspecified atom stereocenters. The summed E-state index contributed by atoms with van der Waals surface area (Å²) in [6.07, 6.45) is 6.76. The highest BCUT2D eigenvalue weighted by atomic mass is 79.9. The largest absolute Gasteiger partial charge is 0.437 e. The number of ether oxygens (including phenoxy) is 1. The summed E-state index contributed by atoms with van der Waals surface area (Å²) in [6, 6.07) is 7.36. The number of hydrogen-bond acceptors (Lipinski definition) is 5. The van der Waals surface area contributed by atoms with Gasteiger partial charge in [0.2, 0.25) is 5.88 Å². The Bertz CT molecular complexity index is 765. The minimum atomic E-state index is 0.473. The van der Waals surface area contributed by atoms with Crippen LogP contribution in [0.2, 0.25) is 0 Å². The van der Waals surface area contributed by atoms with E-state index in [9.17, 15) is 0 Å². The number of rotatable bonds is 3. The van der Waals surface area contributed by atoms with Gasteiger partial charge in [0, 0.05) is 40.4 Å². The molecule has 0 atom stereocenters. The Morgan fingerprint density at radius 1 is 1.05 bits per heavy atom. The maximum Gasteiger partial charge on any atom is 0.223 e. The van der Waals surface area contributed by atoms with Crippen molar-refractivity contribution in [2.45, 2.75) is 6.92 Å². The fourth-order valence-electron chi connectivity index (χ4n) is 1.79. The van der Waals surface area contributed by atoms with E-state index in [1.54, 1.807) is 30.9 Å². The highest BCUT2D eigenvalue weighted by Crippen LogP contribution is 2.24. The van der Waals surface area contributed by atoms with Crippen LogP contribution in [-0.4, -0.2) is 19.9 Å². The summed E-state index contributed by atoms with van der Waals surface area (Å²) in [5.74, 6) is 1.67. The van der Waals surface area contributed by atoms with Crippen molar-refractivity contribution in [3.05, 3.63) is 59.2 Å². The average Bonchev–Trinajstić information content (AvgIpc) is 2.47. The van der Waals surface area contributed by atoms with Gasteiger partial charge in [-0.05, 0) is 41.1 Å². The molecule has 0 aliphatic heterocycles. The van der Waals surface area contributed by atoms with Crippen LogP contribution in [0.4, 0.5) is 0 Å². The molecule has 3 aromatic rings. The third kappa shape index (κ3) is 3.41. The van der Waals surface area contributed by atoms with Crippen LogP contribution < -0.4 is 4.74 Å². The second kappa shape index (κ2) is 5.97. The fraction of sp³-hybridized carbons (Fsp3) is 0.0667. The van der Waals surface area contributed by atoms with E-state index in [0.717, 1.165) is 15.7 Å². The zero-order valence-corrected chi connectivity index (χ0v) is 12.8. The van der Waals surface area contributed by atoms with Crippen molar-refractivity contribution in [1.82, 2.24) is 19.9 Å². The molecule has 0 aliphatic rings. The van der Waals surface area contributed by atoms with E-state index in [-0.39, 0.29) is 0 Å². The molecular weight excluding hydrogens is 332 g/mol. The topological polar surface area (TPSA) is 60.8 Å². The summed E-state index contributed by atoms with van der Waals surface area (Å²) in [4.78, 5) is 17.0. The Hall–Kier alpha value is -2.34. The van der Waals surface area contributed by atoms with Crippen molar-refractivity contribution in [2.24, 2.45) is 0 Å². The molecule has 0 amide bonds. The SMILES string of the molecule is Cc1cc(Oc2cncc(Br)c2)nc(-c2cccnc2)n1. The van der Waals surface area contributed by atoms with Crippen LogP contribution in [0.3, 0.4) is 0 Å². The summed E-state index contributed by atoms with van der Waals surface area (Å²) < 4.78 is 6.58. The molecule has 104 valence electrons. The molecule has 3 aromatic heterocycles. The van der Waals surface area contributed by atoms with Gasteiger partial charge < -0.3 is 4.74 Å². The van der Waals surface area contributed by atoms with E-state index >= 15 is 0 Å². The summed E-state index contributed by atoms with van der Waals surface area (Å²) in [5, 5.41) is 0. The third-order valence-electron chi connectivity index (χ3n) is 2.65. The molecule has 3 heterocycles. The van der Waals surface area contributed by atoms with E-state index in [4.69, 9.17) is 4.74 Å². The lowest BCUT2D eigenvalue weighted by atomic mass is 10.2. The molecule has 0 aliphatic carbocycles. The van der Waals surface area contributed by atoms with Gasteiger partial charge in [-0.2, -0.15) is 4.98 Å². The second-order valence-corrected chi connectivity index (χ2v) is 5.27. The monoisotopic (exact) mass is 342 g/mol. The van der Waals surface area contributed by atoms with E-state index in [1.165, 1.54) is 0 Å². The zero-order chi connectivity index (χ0) is 14.7. The maximum absolute atomic E-state index is 5.74. The lowest BCUT2D eigenvalue weighted by Crippen LogP contribution is -1.96. The van der Waals surface area contributed by atoms with Gasteiger partial charge in [-0.3, -0.25) is 9.97 Å². The molecule has 0 saturated heterocycles. The first-order valence-corrected chi connectivity index (χ1v) is 7.04. The zero-order valence-electron chi connectivity index (χ0n) is 11.2. The first-order chi connectivity index (χ1) is 10.2. The van der Waals surface area contributed by atoms with Gasteiger partial charge in [0.15, 0.2) is 5.82 Å². The molecule has 3 rings (SSSR count). The second-order valence-electron chi connectivity index (χ2n) is 4.35. The molecule has 0 bridgehead atoms. The van der Waals surface area contributed by atoms with Crippen LogP contribution in [-0.2, 0) is 0 Å². The Kier molecular flexibility index (Phi) is 3.87. The van der Waals surface area contributed by atoms with Gasteiger partial charge in [-0.25, -0.2) is 4.98 Å². The van der Waals surface area contributed by atoms with Crippen LogP contribution in [0, 0.1) is 6.92 Å². The number of nitrogens with zero attached hydrogens (tertiary/aromatic N) is 4. The molecule has 0 fully saturated rings. The number of hydrogen-bond donors (Lipinski definition) is 0. The van der Waals surface area contributed by atoms with Gasteiger partial charge in [0.05, 0.1) is 6.20 Å². The van der Waals surface area contributed by atoms with Crippen LogP contribution in [0.1, 0.15) is 5.69 Å². The highest BCUT2D eigenvalue weighted by Gasteiger charge is 2.07. The highest BCUT2D eigenvalue weighted by molar-refractivity contribution is 9.10. The number of pyridine rings is 2. The van der Waals surface area contributed by atoms with Crippen molar-refractivity contribution < 1.29 is 4.74 Å². The predicted octanol–water partition coefficient (Wildman–Crippen LogP) is 3.80. The Labute approximate surface area is 130 Å². The van der Waals surface area contributed by atoms with E-state index in [0.29, 0.717) is 17.5 Å². The molecule has 0 aromatic carbocycles. The van der Waals surface area contributed by atoms with Gasteiger partial charge in [0.1, 0.15) is 5.75 Å². The smallest absolute Gasteiger partial charge is 0.223 e. The first kappa shape index (κ1) is 13.6. The van der Waals surface area contributed by atoms with Gasteiger partial charge in [-0.1, -0.05) is 0 Å². The minimum Gasteiger partial charge on any atom is -0.437 e. The van der Waals surface area contributed by atoms with E-state index < -0.39 is 0 Å². The lowest BCUT2D eigenvalue weighted by Gasteiger charge is -2.07. The molecule has 5 nitrogen and oxygen atoms in total. The standard InChI is InChI=1S/C15H11BrN4O/c1-10-5-14(21-13-6-12(16)8-18-9-13)20-15(19-10)11-3-2-4-17-7-11/h2-9H,1H3. The average molecular weight is 343 g/mol. The third-order valence-corrected chi connectivity index (χ3v) is 3.09. The van der Waals surface area contributed by atoms with Gasteiger partial charge >= 0.3 is 0 Å². The van der Waals surface area contributed by atoms with Crippen LogP contribution in [0.5, 0.6) is 11.6 Å². The van der Waals surface area contributed by atoms with Crippen molar-refractivity contribution in [2.75, 3.05) is 0 Å². The van der Waals surface area contributed by atoms with Crippen molar-refractivity contribution >= 4 is 15.9 Å². The normalized spacial score (nSPS) is 10.4. The van der Waals surface area contributed by atoms with Crippen molar-refractivity contribution in [1.29, 1.82) is 0 Å². The Morgan fingerprint density at radius 2 is 1.95 bits per heavy atom. The molecule has 6 heteroatoms. The Morgan fingerprint density at radius 3 is 2.71 bits per heavy atom. The summed E-state index contributed by atoms with van der Waals surface area (Å²) in [5.41, 5.74) is 1.67. The number of aromatic nitrogens is 4. The van der Waals surface area contributed by atoms with Crippen molar-refractivity contribution in [3.63, 3.8) is 0 Å². The van der Waals surface area contributed by atoms with Gasteiger partial charge in [-0.15, -0.1) is 0 Å².